The van der Waals surface area contributed by atoms with Crippen LogP contribution in [0.5, 0.6) is 0 Å². The van der Waals surface area contributed by atoms with E-state index >= 15 is 0 Å². The number of urea groups is 1. The van der Waals surface area contributed by atoms with Crippen LogP contribution >= 0.6 is 0 Å². The molecule has 0 aliphatic heterocycles. The van der Waals surface area contributed by atoms with Crippen LogP contribution in [0.2, 0.25) is 0 Å². The fraction of sp³-hybridized carbons (Fsp3) is 0.344. The largest absolute Gasteiger partial charge is 0.385 e. The lowest BCUT2D eigenvalue weighted by Crippen LogP contribution is -2.40. The summed E-state index contributed by atoms with van der Waals surface area (Å²) in [6.45, 7) is 2.48. The maximum atomic E-state index is 13.6. The van der Waals surface area contributed by atoms with E-state index in [0.29, 0.717) is 40.9 Å². The summed E-state index contributed by atoms with van der Waals surface area (Å²) >= 11 is 0. The van der Waals surface area contributed by atoms with Crippen molar-refractivity contribution in [3.63, 3.8) is 0 Å². The van der Waals surface area contributed by atoms with Gasteiger partial charge in [-0.2, -0.15) is 5.10 Å². The molecule has 2 aromatic heterocycles. The van der Waals surface area contributed by atoms with E-state index in [1.54, 1.807) is 18.7 Å². The number of nitrogens with one attached hydrogen (secondary N) is 3. The van der Waals surface area contributed by atoms with Crippen LogP contribution in [0.25, 0.3) is 16.9 Å². The molecule has 5 rings (SSSR count). The average molecular weight is 619 g/mol. The molecule has 4 aromatic rings. The van der Waals surface area contributed by atoms with Crippen molar-refractivity contribution in [1.82, 2.24) is 24.4 Å². The number of carbonyl (C=O) groups is 1. The summed E-state index contributed by atoms with van der Waals surface area (Å²) in [4.78, 5) is 26.0. The molecule has 1 fully saturated rings. The Balaban J connectivity index is 1.50. The third-order valence-electron chi connectivity index (χ3n) is 8.27. The lowest BCUT2D eigenvalue weighted by atomic mass is 9.93. The molecule has 3 atom stereocenters. The lowest BCUT2D eigenvalue weighted by molar-refractivity contribution is 0.177. The molecule has 3 N–H and O–H groups in total. The first kappa shape index (κ1) is 31.2. The molecule has 12 heteroatoms. The summed E-state index contributed by atoms with van der Waals surface area (Å²) in [6, 6.07) is 20.4. The van der Waals surface area contributed by atoms with Crippen molar-refractivity contribution in [1.29, 1.82) is 0 Å². The minimum absolute atomic E-state index is 0.0786. The number of sulfonamides is 1. The summed E-state index contributed by atoms with van der Waals surface area (Å²) < 4.78 is 35.6. The first-order chi connectivity index (χ1) is 21.1. The van der Waals surface area contributed by atoms with Gasteiger partial charge in [0.15, 0.2) is 0 Å². The number of benzene rings is 2. The van der Waals surface area contributed by atoms with Gasteiger partial charge < -0.3 is 14.6 Å². The van der Waals surface area contributed by atoms with E-state index in [4.69, 9.17) is 9.84 Å². The topological polar surface area (TPSA) is 136 Å². The van der Waals surface area contributed by atoms with Crippen molar-refractivity contribution < 1.29 is 17.9 Å². The molecule has 2 amide bonds. The van der Waals surface area contributed by atoms with Crippen molar-refractivity contribution in [3.05, 3.63) is 94.4 Å². The van der Waals surface area contributed by atoms with Crippen molar-refractivity contribution in [2.75, 3.05) is 26.1 Å². The number of carbonyl (C=O) groups excluding carboxylic acids is 1. The Bertz CT molecular complexity index is 1790. The Morgan fingerprint density at radius 2 is 1.75 bits per heavy atom. The maximum absolute atomic E-state index is 13.6. The SMILES string of the molecule is CNS(=O)(=O)c1cc(-c2nn(-c3ccccc3)c(NC(=O)N[C@@H]3C[C@@H](CCOC)C[C@H]3c3ccccc3)c2C)cn(C)c1=O. The zero-order valence-corrected chi connectivity index (χ0v) is 26.1. The highest BCUT2D eigenvalue weighted by atomic mass is 32.2. The quantitative estimate of drug-likeness (QED) is 0.244. The van der Waals surface area contributed by atoms with E-state index in [1.165, 1.54) is 36.5 Å². The van der Waals surface area contributed by atoms with E-state index in [0.717, 1.165) is 19.3 Å². The molecule has 2 aromatic carbocycles. The van der Waals surface area contributed by atoms with E-state index in [-0.39, 0.29) is 18.0 Å². The van der Waals surface area contributed by atoms with Crippen LogP contribution in [0.15, 0.2) is 82.6 Å². The van der Waals surface area contributed by atoms with Gasteiger partial charge in [-0.15, -0.1) is 0 Å². The van der Waals surface area contributed by atoms with Crippen LogP contribution in [0.1, 0.15) is 36.3 Å². The van der Waals surface area contributed by atoms with Crippen molar-refractivity contribution >= 4 is 21.9 Å². The highest BCUT2D eigenvalue weighted by Crippen LogP contribution is 2.40. The smallest absolute Gasteiger partial charge is 0.320 e. The van der Waals surface area contributed by atoms with Gasteiger partial charge in [0.25, 0.3) is 5.56 Å². The summed E-state index contributed by atoms with van der Waals surface area (Å²) in [5, 5.41) is 11.1. The van der Waals surface area contributed by atoms with Gasteiger partial charge in [-0.25, -0.2) is 22.6 Å². The molecular formula is C32H38N6O5S. The molecular weight excluding hydrogens is 580 g/mol. The van der Waals surface area contributed by atoms with Gasteiger partial charge in [-0.3, -0.25) is 10.1 Å². The second-order valence-corrected chi connectivity index (χ2v) is 13.0. The number of hydrogen-bond donors (Lipinski definition) is 3. The van der Waals surface area contributed by atoms with Crippen LogP contribution in [0.3, 0.4) is 0 Å². The third kappa shape index (κ3) is 6.47. The van der Waals surface area contributed by atoms with Crippen LogP contribution in [0, 0.1) is 12.8 Å². The van der Waals surface area contributed by atoms with Gasteiger partial charge in [0, 0.05) is 50.0 Å². The van der Waals surface area contributed by atoms with Crippen molar-refractivity contribution in [2.45, 2.75) is 43.0 Å². The Labute approximate surface area is 257 Å². The van der Waals surface area contributed by atoms with Gasteiger partial charge in [-0.1, -0.05) is 48.5 Å². The molecule has 232 valence electrons. The fourth-order valence-electron chi connectivity index (χ4n) is 5.99. The summed E-state index contributed by atoms with van der Waals surface area (Å²) in [5.74, 6) is 1.01. The number of amides is 2. The zero-order valence-electron chi connectivity index (χ0n) is 25.3. The van der Waals surface area contributed by atoms with Gasteiger partial charge >= 0.3 is 6.03 Å². The van der Waals surface area contributed by atoms with Gasteiger partial charge in [0.05, 0.1) is 11.4 Å². The normalized spacial score (nSPS) is 18.3. The Morgan fingerprint density at radius 3 is 2.41 bits per heavy atom. The maximum Gasteiger partial charge on any atom is 0.320 e. The number of para-hydroxylation sites is 1. The Kier molecular flexibility index (Phi) is 9.33. The standard InChI is InChI=1S/C32H38N6O5S/c1-21-29(24-19-28(44(41,42)33-2)31(39)37(3)20-24)36-38(25-13-9-6-10-14-25)30(21)35-32(40)34-27-18-22(15-16-43-4)17-26(27)23-11-7-5-8-12-23/h5-14,19-20,22,26-27,33H,15-18H2,1-4H3,(H2,34,35,40)/t22-,26-,27+/m0/s1. The van der Waals surface area contributed by atoms with Crippen molar-refractivity contribution in [3.8, 4) is 16.9 Å². The molecule has 11 nitrogen and oxygen atoms in total. The lowest BCUT2D eigenvalue weighted by Gasteiger charge is -2.22. The summed E-state index contributed by atoms with van der Waals surface area (Å²) in [6.07, 6.45) is 4.25. The van der Waals surface area contributed by atoms with E-state index < -0.39 is 20.5 Å². The average Bonchev–Trinajstić information content (AvgIpc) is 3.58. The van der Waals surface area contributed by atoms with E-state index in [2.05, 4.69) is 27.5 Å². The van der Waals surface area contributed by atoms with Gasteiger partial charge in [0.1, 0.15) is 10.7 Å². The molecule has 0 spiro atoms. The van der Waals surface area contributed by atoms with Crippen LogP contribution in [0.4, 0.5) is 10.6 Å². The second-order valence-electron chi connectivity index (χ2n) is 11.1. The fourth-order valence-corrected chi connectivity index (χ4v) is 6.87. The number of methoxy groups -OCH3 is 1. The molecule has 0 saturated heterocycles. The number of rotatable bonds is 10. The Morgan fingerprint density at radius 1 is 1.07 bits per heavy atom. The minimum Gasteiger partial charge on any atom is -0.385 e. The molecule has 1 aliphatic carbocycles. The third-order valence-corrected chi connectivity index (χ3v) is 9.68. The highest BCUT2D eigenvalue weighted by molar-refractivity contribution is 7.89. The van der Waals surface area contributed by atoms with E-state index in [9.17, 15) is 18.0 Å². The number of hydrogen-bond acceptors (Lipinski definition) is 6. The number of nitrogens with zero attached hydrogens (tertiary/aromatic N) is 3. The first-order valence-electron chi connectivity index (χ1n) is 14.5. The molecule has 0 unspecified atom stereocenters. The predicted octanol–water partition coefficient (Wildman–Crippen LogP) is 4.17. The number of aromatic nitrogens is 3. The first-order valence-corrected chi connectivity index (χ1v) is 16.0. The monoisotopic (exact) mass is 618 g/mol. The van der Waals surface area contributed by atoms with Crippen LogP contribution in [-0.2, 0) is 21.8 Å². The number of ether oxygens (including phenoxy) is 1. The summed E-state index contributed by atoms with van der Waals surface area (Å²) in [7, 11) is 0.418. The molecule has 44 heavy (non-hydrogen) atoms. The van der Waals surface area contributed by atoms with E-state index in [1.807, 2.05) is 48.5 Å². The molecule has 1 saturated carbocycles. The number of aryl methyl sites for hydroxylation is 1. The summed E-state index contributed by atoms with van der Waals surface area (Å²) in [5.41, 5.74) is 2.68. The van der Waals surface area contributed by atoms with Gasteiger partial charge in [-0.05, 0) is 62.9 Å². The Hall–Kier alpha value is -4.26. The zero-order chi connectivity index (χ0) is 31.4. The van der Waals surface area contributed by atoms with Crippen molar-refractivity contribution in [2.24, 2.45) is 13.0 Å². The number of pyridine rings is 1. The molecule has 2 heterocycles. The second kappa shape index (κ2) is 13.2. The molecule has 0 radical (unpaired) electrons. The number of anilines is 1. The van der Waals surface area contributed by atoms with Crippen LogP contribution < -0.4 is 20.9 Å². The predicted molar refractivity (Wildman–Crippen MR) is 170 cm³/mol. The minimum atomic E-state index is -4.03. The molecule has 0 bridgehead atoms. The van der Waals surface area contributed by atoms with Crippen LogP contribution in [-0.4, -0.2) is 55.6 Å². The van der Waals surface area contributed by atoms with Gasteiger partial charge in [0.2, 0.25) is 10.0 Å². The highest BCUT2D eigenvalue weighted by Gasteiger charge is 2.36. The molecule has 1 aliphatic rings.